The lowest BCUT2D eigenvalue weighted by Gasteiger charge is -2.03. The van der Waals surface area contributed by atoms with Gasteiger partial charge in [-0.05, 0) is 17.7 Å². The highest BCUT2D eigenvalue weighted by Gasteiger charge is 2.43. The number of benzene rings is 1. The summed E-state index contributed by atoms with van der Waals surface area (Å²) in [4.78, 5) is 0. The summed E-state index contributed by atoms with van der Waals surface area (Å²) < 4.78 is 0. The summed E-state index contributed by atoms with van der Waals surface area (Å²) in [5.41, 5.74) is 2.75. The Kier molecular flexibility index (Phi) is 1.33. The lowest BCUT2D eigenvalue weighted by atomic mass is 10.3. The van der Waals surface area contributed by atoms with Crippen molar-refractivity contribution in [1.82, 2.24) is 0 Å². The lowest BCUT2D eigenvalue weighted by molar-refractivity contribution is 1.03. The Labute approximate surface area is 77.8 Å². The second-order valence-electron chi connectivity index (χ2n) is 3.57. The van der Waals surface area contributed by atoms with E-state index in [0.717, 1.165) is 0 Å². The van der Waals surface area contributed by atoms with E-state index in [1.807, 2.05) is 6.07 Å². The maximum Gasteiger partial charge on any atom is 0.0584 e. The molecule has 1 heteroatoms. The van der Waals surface area contributed by atoms with Crippen molar-refractivity contribution in [3.8, 4) is 0 Å². The molecule has 1 nitrogen and oxygen atoms in total. The first kappa shape index (κ1) is 6.96. The third-order valence-corrected chi connectivity index (χ3v) is 2.70. The molecule has 0 aromatic heterocycles. The molecule has 2 aliphatic carbocycles. The maximum absolute atomic E-state index is 3.50. The van der Waals surface area contributed by atoms with E-state index in [-0.39, 0.29) is 0 Å². The van der Waals surface area contributed by atoms with E-state index in [4.69, 9.17) is 0 Å². The van der Waals surface area contributed by atoms with Gasteiger partial charge < -0.3 is 5.32 Å². The summed E-state index contributed by atoms with van der Waals surface area (Å²) >= 11 is 0. The Bertz CT molecular complexity index is 375. The number of allylic oxidation sites excluding steroid dienone is 2. The molecule has 0 heterocycles. The van der Waals surface area contributed by atoms with E-state index >= 15 is 0 Å². The maximum atomic E-state index is 3.50. The van der Waals surface area contributed by atoms with Crippen LogP contribution in [0.5, 0.6) is 0 Å². The van der Waals surface area contributed by atoms with E-state index < -0.39 is 0 Å². The average Bonchev–Trinajstić information content (AvgIpc) is 2.65. The van der Waals surface area contributed by atoms with Crippen LogP contribution >= 0.6 is 0 Å². The predicted molar refractivity (Wildman–Crippen MR) is 54.6 cm³/mol. The molecule has 64 valence electrons. The molecule has 2 atom stereocenters. The van der Waals surface area contributed by atoms with Gasteiger partial charge in [0.1, 0.15) is 0 Å². The molecular formula is C12H11N. The fourth-order valence-electron chi connectivity index (χ4n) is 1.91. The molecule has 0 spiro atoms. The number of para-hydroxylation sites is 1. The third-order valence-electron chi connectivity index (χ3n) is 2.70. The van der Waals surface area contributed by atoms with E-state index in [1.54, 1.807) is 0 Å². The van der Waals surface area contributed by atoms with Crippen molar-refractivity contribution in [3.63, 3.8) is 0 Å². The Balaban J connectivity index is 1.73. The monoisotopic (exact) mass is 169 g/mol. The largest absolute Gasteiger partial charge is 0.378 e. The van der Waals surface area contributed by atoms with E-state index in [0.29, 0.717) is 12.0 Å². The first-order valence-electron chi connectivity index (χ1n) is 4.65. The zero-order valence-corrected chi connectivity index (χ0v) is 7.27. The van der Waals surface area contributed by atoms with Crippen molar-refractivity contribution in [3.05, 3.63) is 54.1 Å². The zero-order chi connectivity index (χ0) is 8.67. The van der Waals surface area contributed by atoms with Crippen LogP contribution < -0.4 is 5.32 Å². The molecule has 0 aliphatic heterocycles. The fraction of sp³-hybridized carbons (Fsp3) is 0.167. The molecule has 1 N–H and O–H groups in total. The van der Waals surface area contributed by atoms with Gasteiger partial charge in [0.2, 0.25) is 0 Å². The van der Waals surface area contributed by atoms with Gasteiger partial charge >= 0.3 is 0 Å². The first-order valence-corrected chi connectivity index (χ1v) is 4.65. The van der Waals surface area contributed by atoms with Gasteiger partial charge in [-0.25, -0.2) is 0 Å². The highest BCUT2D eigenvalue weighted by atomic mass is 15.0. The van der Waals surface area contributed by atoms with Crippen LogP contribution in [0.1, 0.15) is 0 Å². The summed E-state index contributed by atoms with van der Waals surface area (Å²) in [6, 6.07) is 11.0. The second kappa shape index (κ2) is 2.49. The van der Waals surface area contributed by atoms with Crippen LogP contribution in [0.25, 0.3) is 0 Å². The minimum absolute atomic E-state index is 0.576. The third kappa shape index (κ3) is 1.08. The molecule has 0 radical (unpaired) electrons. The highest BCUT2D eigenvalue weighted by molar-refractivity contribution is 5.57. The Hall–Kier alpha value is -1.50. The van der Waals surface area contributed by atoms with Crippen molar-refractivity contribution in [2.45, 2.75) is 6.04 Å². The van der Waals surface area contributed by atoms with Gasteiger partial charge in [0.15, 0.2) is 0 Å². The van der Waals surface area contributed by atoms with E-state index in [2.05, 4.69) is 47.8 Å². The van der Waals surface area contributed by atoms with Crippen LogP contribution in [0.3, 0.4) is 0 Å². The zero-order valence-electron chi connectivity index (χ0n) is 7.27. The van der Waals surface area contributed by atoms with Crippen LogP contribution in [-0.4, -0.2) is 6.04 Å². The van der Waals surface area contributed by atoms with Crippen molar-refractivity contribution in [2.75, 3.05) is 5.32 Å². The molecule has 1 aromatic rings. The fourth-order valence-corrected chi connectivity index (χ4v) is 1.91. The van der Waals surface area contributed by atoms with Crippen molar-refractivity contribution >= 4 is 5.69 Å². The molecular weight excluding hydrogens is 158 g/mol. The second-order valence-corrected chi connectivity index (χ2v) is 3.57. The lowest BCUT2D eigenvalue weighted by Crippen LogP contribution is -2.04. The quantitative estimate of drug-likeness (QED) is 0.717. The number of rotatable bonds is 2. The van der Waals surface area contributed by atoms with Gasteiger partial charge in [-0.2, -0.15) is 0 Å². The smallest absolute Gasteiger partial charge is 0.0584 e. The topological polar surface area (TPSA) is 12.0 Å². The average molecular weight is 169 g/mol. The van der Waals surface area contributed by atoms with Crippen molar-refractivity contribution in [2.24, 2.45) is 5.92 Å². The van der Waals surface area contributed by atoms with Crippen LogP contribution in [0.15, 0.2) is 54.1 Å². The molecule has 0 amide bonds. The van der Waals surface area contributed by atoms with Gasteiger partial charge in [-0.15, -0.1) is 0 Å². The Morgan fingerprint density at radius 3 is 2.62 bits per heavy atom. The Morgan fingerprint density at radius 1 is 1.08 bits per heavy atom. The standard InChI is InChI=1S/C12H11N/c1-2-5-9(6-3-1)13-12-10-7-4-8-11(10)12/h1-8,10,12-13H. The molecule has 0 bridgehead atoms. The minimum Gasteiger partial charge on any atom is -0.378 e. The number of hydrogen-bond donors (Lipinski definition) is 1. The normalized spacial score (nSPS) is 28.2. The SMILES string of the molecule is C1=CC2C(=C1)C2Nc1ccccc1. The highest BCUT2D eigenvalue weighted by Crippen LogP contribution is 2.44. The number of anilines is 1. The predicted octanol–water partition coefficient (Wildman–Crippen LogP) is 2.59. The molecule has 3 rings (SSSR count). The summed E-state index contributed by atoms with van der Waals surface area (Å²) in [6.07, 6.45) is 6.62. The van der Waals surface area contributed by atoms with E-state index in [9.17, 15) is 0 Å². The molecule has 1 fully saturated rings. The van der Waals surface area contributed by atoms with Gasteiger partial charge in [-0.3, -0.25) is 0 Å². The molecule has 2 unspecified atom stereocenters. The summed E-state index contributed by atoms with van der Waals surface area (Å²) in [5.74, 6) is 0.681. The number of hydrogen-bond acceptors (Lipinski definition) is 1. The summed E-state index contributed by atoms with van der Waals surface area (Å²) in [5, 5.41) is 3.50. The minimum atomic E-state index is 0.576. The molecule has 2 aliphatic rings. The number of fused-ring (bicyclic) bond motifs is 1. The van der Waals surface area contributed by atoms with Crippen LogP contribution in [0.2, 0.25) is 0 Å². The Morgan fingerprint density at radius 2 is 1.92 bits per heavy atom. The van der Waals surface area contributed by atoms with Gasteiger partial charge in [-0.1, -0.05) is 36.4 Å². The van der Waals surface area contributed by atoms with Gasteiger partial charge in [0, 0.05) is 11.6 Å². The molecule has 1 saturated carbocycles. The summed E-state index contributed by atoms with van der Waals surface area (Å²) in [6.45, 7) is 0. The summed E-state index contributed by atoms with van der Waals surface area (Å²) in [7, 11) is 0. The molecule has 1 aromatic carbocycles. The number of nitrogens with one attached hydrogen (secondary N) is 1. The molecule has 13 heavy (non-hydrogen) atoms. The van der Waals surface area contributed by atoms with E-state index in [1.165, 1.54) is 11.3 Å². The molecule has 0 saturated heterocycles. The van der Waals surface area contributed by atoms with Crippen LogP contribution in [0, 0.1) is 5.92 Å². The van der Waals surface area contributed by atoms with Crippen molar-refractivity contribution < 1.29 is 0 Å². The van der Waals surface area contributed by atoms with Crippen LogP contribution in [0.4, 0.5) is 5.69 Å². The van der Waals surface area contributed by atoms with Crippen LogP contribution in [-0.2, 0) is 0 Å². The first-order chi connectivity index (χ1) is 6.45. The van der Waals surface area contributed by atoms with Crippen molar-refractivity contribution in [1.29, 1.82) is 0 Å². The van der Waals surface area contributed by atoms with Gasteiger partial charge in [0.05, 0.1) is 6.04 Å². The van der Waals surface area contributed by atoms with Gasteiger partial charge in [0.25, 0.3) is 0 Å².